The number of amides is 1. The molecule has 2 aromatic heterocycles. The van der Waals surface area contributed by atoms with Crippen molar-refractivity contribution in [2.24, 2.45) is 7.05 Å². The van der Waals surface area contributed by atoms with Gasteiger partial charge in [-0.2, -0.15) is 0 Å². The van der Waals surface area contributed by atoms with E-state index in [1.54, 1.807) is 17.8 Å². The van der Waals surface area contributed by atoms with E-state index in [1.807, 2.05) is 41.8 Å². The van der Waals surface area contributed by atoms with E-state index in [0.29, 0.717) is 37.2 Å². The number of rotatable bonds is 9. The highest BCUT2D eigenvalue weighted by Crippen LogP contribution is 2.20. The highest BCUT2D eigenvalue weighted by molar-refractivity contribution is 7.99. The predicted octanol–water partition coefficient (Wildman–Crippen LogP) is 1.82. The fourth-order valence-electron chi connectivity index (χ4n) is 3.83. The molecule has 0 saturated carbocycles. The van der Waals surface area contributed by atoms with Crippen LogP contribution in [0.15, 0.2) is 52.9 Å². The first-order chi connectivity index (χ1) is 16.5. The minimum Gasteiger partial charge on any atom is -0.379 e. The second-order valence-electron chi connectivity index (χ2n) is 7.96. The summed E-state index contributed by atoms with van der Waals surface area (Å²) < 4.78 is 10.7. The minimum absolute atomic E-state index is 0.103. The molecule has 0 radical (unpaired) electrons. The number of nitrogens with one attached hydrogen (secondary N) is 1. The molecule has 1 N–H and O–H groups in total. The SMILES string of the molecule is C=CCn1c(CN2CCOCC2)nnc1SCC(=O)Nc1c(C)n(C)n(-c2ccccc2)c1=O. The summed E-state index contributed by atoms with van der Waals surface area (Å²) >= 11 is 1.29. The molecule has 1 aromatic carbocycles. The van der Waals surface area contributed by atoms with Gasteiger partial charge in [-0.3, -0.25) is 19.2 Å². The zero-order valence-corrected chi connectivity index (χ0v) is 20.3. The molecule has 3 aromatic rings. The smallest absolute Gasteiger partial charge is 0.295 e. The van der Waals surface area contributed by atoms with Gasteiger partial charge in [-0.25, -0.2) is 4.68 Å². The third-order valence-corrected chi connectivity index (χ3v) is 6.69. The van der Waals surface area contributed by atoms with Crippen LogP contribution < -0.4 is 10.9 Å². The van der Waals surface area contributed by atoms with Gasteiger partial charge in [0.2, 0.25) is 5.91 Å². The van der Waals surface area contributed by atoms with E-state index < -0.39 is 0 Å². The van der Waals surface area contributed by atoms with Crippen LogP contribution in [0.5, 0.6) is 0 Å². The van der Waals surface area contributed by atoms with Gasteiger partial charge in [0.05, 0.1) is 36.9 Å². The number of anilines is 1. The Morgan fingerprint density at radius 1 is 1.24 bits per heavy atom. The maximum absolute atomic E-state index is 13.0. The van der Waals surface area contributed by atoms with E-state index in [0.717, 1.165) is 24.6 Å². The maximum atomic E-state index is 13.0. The van der Waals surface area contributed by atoms with Crippen LogP contribution in [0.3, 0.4) is 0 Å². The molecule has 3 heterocycles. The van der Waals surface area contributed by atoms with Gasteiger partial charge < -0.3 is 14.6 Å². The van der Waals surface area contributed by atoms with Crippen LogP contribution in [0.2, 0.25) is 0 Å². The minimum atomic E-state index is -0.279. The molecule has 1 aliphatic heterocycles. The van der Waals surface area contributed by atoms with Gasteiger partial charge in [0.25, 0.3) is 5.56 Å². The summed E-state index contributed by atoms with van der Waals surface area (Å²) in [5.74, 6) is 0.652. The number of carbonyl (C=O) groups excluding carboxylic acids is 1. The fraction of sp³-hybridized carbons (Fsp3) is 0.391. The van der Waals surface area contributed by atoms with Gasteiger partial charge >= 0.3 is 0 Å². The number of carbonyl (C=O) groups is 1. The number of hydrogen-bond acceptors (Lipinski definition) is 7. The van der Waals surface area contributed by atoms with Crippen molar-refractivity contribution in [1.82, 2.24) is 29.0 Å². The van der Waals surface area contributed by atoms with Gasteiger partial charge in [0, 0.05) is 26.7 Å². The van der Waals surface area contributed by atoms with Crippen LogP contribution in [0, 0.1) is 6.92 Å². The lowest BCUT2D eigenvalue weighted by Gasteiger charge is -2.26. The molecular formula is C23H29N7O3S. The van der Waals surface area contributed by atoms with E-state index in [2.05, 4.69) is 27.0 Å². The first-order valence-corrected chi connectivity index (χ1v) is 12.1. The fourth-order valence-corrected chi connectivity index (χ4v) is 4.60. The standard InChI is InChI=1S/C23H29N7O3S/c1-4-10-29-19(15-28-11-13-33-14-12-28)25-26-23(29)34-16-20(31)24-21-17(2)27(3)30(22(21)32)18-8-6-5-7-9-18/h4-9H,1,10-16H2,2-3H3,(H,24,31). The molecule has 0 bridgehead atoms. The van der Waals surface area contributed by atoms with Crippen molar-refractivity contribution in [3.05, 3.63) is 64.9 Å². The zero-order chi connectivity index (χ0) is 24.1. The first-order valence-electron chi connectivity index (χ1n) is 11.1. The zero-order valence-electron chi connectivity index (χ0n) is 19.4. The van der Waals surface area contributed by atoms with Crippen molar-refractivity contribution < 1.29 is 9.53 Å². The van der Waals surface area contributed by atoms with E-state index in [9.17, 15) is 9.59 Å². The summed E-state index contributed by atoms with van der Waals surface area (Å²) in [5.41, 5.74) is 1.41. The maximum Gasteiger partial charge on any atom is 0.295 e. The van der Waals surface area contributed by atoms with Crippen molar-refractivity contribution in [2.75, 3.05) is 37.4 Å². The van der Waals surface area contributed by atoms with Crippen LogP contribution in [0.25, 0.3) is 5.69 Å². The average Bonchev–Trinajstić information content (AvgIpc) is 3.32. The third kappa shape index (κ3) is 5.16. The number of morpholine rings is 1. The Kier molecular flexibility index (Phi) is 7.66. The molecule has 1 fully saturated rings. The number of nitrogens with zero attached hydrogens (tertiary/aromatic N) is 6. The molecule has 180 valence electrons. The predicted molar refractivity (Wildman–Crippen MR) is 131 cm³/mol. The molecule has 0 unspecified atom stereocenters. The Hall–Kier alpha value is -3.15. The van der Waals surface area contributed by atoms with Crippen molar-refractivity contribution >= 4 is 23.4 Å². The number of thioether (sulfide) groups is 1. The quantitative estimate of drug-likeness (QED) is 0.366. The number of para-hydroxylation sites is 1. The van der Waals surface area contributed by atoms with Crippen molar-refractivity contribution in [3.8, 4) is 5.69 Å². The molecule has 34 heavy (non-hydrogen) atoms. The lowest BCUT2D eigenvalue weighted by molar-refractivity contribution is -0.113. The molecule has 11 heteroatoms. The van der Waals surface area contributed by atoms with E-state index in [1.165, 1.54) is 16.4 Å². The van der Waals surface area contributed by atoms with Crippen LogP contribution >= 0.6 is 11.8 Å². The molecule has 0 aliphatic carbocycles. The Balaban J connectivity index is 1.44. The van der Waals surface area contributed by atoms with E-state index >= 15 is 0 Å². The third-order valence-electron chi connectivity index (χ3n) is 5.72. The molecular weight excluding hydrogens is 454 g/mol. The molecule has 1 amide bonds. The number of benzene rings is 1. The van der Waals surface area contributed by atoms with Crippen LogP contribution in [-0.4, -0.2) is 67.0 Å². The van der Waals surface area contributed by atoms with Crippen LogP contribution in [0.1, 0.15) is 11.5 Å². The molecule has 1 saturated heterocycles. The number of hydrogen-bond donors (Lipinski definition) is 1. The molecule has 4 rings (SSSR count). The normalized spacial score (nSPS) is 14.3. The van der Waals surface area contributed by atoms with Crippen molar-refractivity contribution in [2.45, 2.75) is 25.2 Å². The van der Waals surface area contributed by atoms with Gasteiger partial charge in [-0.1, -0.05) is 36.0 Å². The van der Waals surface area contributed by atoms with Gasteiger partial charge in [0.15, 0.2) is 5.16 Å². The summed E-state index contributed by atoms with van der Waals surface area (Å²) in [6.45, 7) is 9.98. The first kappa shape index (κ1) is 24.0. The average molecular weight is 484 g/mol. The second-order valence-corrected chi connectivity index (χ2v) is 8.90. The van der Waals surface area contributed by atoms with Crippen molar-refractivity contribution in [3.63, 3.8) is 0 Å². The number of ether oxygens (including phenoxy) is 1. The molecule has 0 spiro atoms. The van der Waals surface area contributed by atoms with Crippen LogP contribution in [0.4, 0.5) is 5.69 Å². The topological polar surface area (TPSA) is 99.2 Å². The molecule has 10 nitrogen and oxygen atoms in total. The summed E-state index contributed by atoms with van der Waals surface area (Å²) in [4.78, 5) is 28.0. The number of aromatic nitrogens is 5. The summed E-state index contributed by atoms with van der Waals surface area (Å²) in [7, 11) is 1.79. The monoisotopic (exact) mass is 483 g/mol. The Morgan fingerprint density at radius 2 is 1.97 bits per heavy atom. The van der Waals surface area contributed by atoms with Gasteiger partial charge in [-0.15, -0.1) is 16.8 Å². The largest absolute Gasteiger partial charge is 0.379 e. The summed E-state index contributed by atoms with van der Waals surface area (Å²) in [6.07, 6.45) is 1.79. The lowest BCUT2D eigenvalue weighted by atomic mass is 10.3. The Labute approximate surface area is 202 Å². The molecule has 0 atom stereocenters. The van der Waals surface area contributed by atoms with Crippen LogP contribution in [-0.2, 0) is 29.7 Å². The number of allylic oxidation sites excluding steroid dienone is 1. The van der Waals surface area contributed by atoms with Crippen molar-refractivity contribution in [1.29, 1.82) is 0 Å². The molecule has 1 aliphatic rings. The highest BCUT2D eigenvalue weighted by Gasteiger charge is 2.20. The highest BCUT2D eigenvalue weighted by atomic mass is 32.2. The Bertz CT molecular complexity index is 1210. The van der Waals surface area contributed by atoms with E-state index in [4.69, 9.17) is 4.74 Å². The van der Waals surface area contributed by atoms with E-state index in [-0.39, 0.29) is 22.9 Å². The van der Waals surface area contributed by atoms with Gasteiger partial charge in [-0.05, 0) is 19.1 Å². The Morgan fingerprint density at radius 3 is 2.68 bits per heavy atom. The second kappa shape index (κ2) is 10.9. The lowest BCUT2D eigenvalue weighted by Crippen LogP contribution is -2.36. The summed E-state index contributed by atoms with van der Waals surface area (Å²) in [6, 6.07) is 9.32. The van der Waals surface area contributed by atoms with Gasteiger partial charge in [0.1, 0.15) is 11.5 Å². The summed E-state index contributed by atoms with van der Waals surface area (Å²) in [5, 5.41) is 12.1.